The highest BCUT2D eigenvalue weighted by molar-refractivity contribution is 7.89. The molecule has 1 atom stereocenters. The van der Waals surface area contributed by atoms with Crippen molar-refractivity contribution in [2.75, 3.05) is 20.7 Å². The van der Waals surface area contributed by atoms with E-state index in [0.29, 0.717) is 11.0 Å². The summed E-state index contributed by atoms with van der Waals surface area (Å²) in [5.74, 6) is -1.27. The van der Waals surface area contributed by atoms with Gasteiger partial charge in [0.25, 0.3) is 15.9 Å². The van der Waals surface area contributed by atoms with Gasteiger partial charge in [-0.3, -0.25) is 9.63 Å². The first-order chi connectivity index (χ1) is 11.6. The molecular weight excluding hydrogens is 372 g/mol. The smallest absolute Gasteiger partial charge is 0.338 e. The Labute approximate surface area is 152 Å². The van der Waals surface area contributed by atoms with Crippen LogP contribution in [0.5, 0.6) is 0 Å². The molecule has 0 aliphatic carbocycles. The van der Waals surface area contributed by atoms with E-state index in [1.807, 2.05) is 6.92 Å². The van der Waals surface area contributed by atoms with Crippen LogP contribution in [0.2, 0.25) is 5.02 Å². The molecule has 0 saturated heterocycles. The van der Waals surface area contributed by atoms with Gasteiger partial charge in [0, 0.05) is 13.6 Å². The molecule has 1 rings (SSSR count). The van der Waals surface area contributed by atoms with Crippen molar-refractivity contribution in [2.24, 2.45) is 0 Å². The van der Waals surface area contributed by atoms with E-state index in [9.17, 15) is 18.0 Å². The topological polar surface area (TPSA) is 102 Å². The van der Waals surface area contributed by atoms with E-state index < -0.39 is 28.0 Å². The lowest BCUT2D eigenvalue weighted by Crippen LogP contribution is -2.36. The molecule has 0 fully saturated rings. The Bertz CT molecular complexity index is 738. The number of rotatable bonds is 8. The Morgan fingerprint density at radius 1 is 1.36 bits per heavy atom. The maximum absolute atomic E-state index is 12.3. The number of sulfonamides is 1. The van der Waals surface area contributed by atoms with Gasteiger partial charge in [0.1, 0.15) is 4.90 Å². The molecule has 0 aliphatic heterocycles. The van der Waals surface area contributed by atoms with Crippen molar-refractivity contribution in [3.63, 3.8) is 0 Å². The van der Waals surface area contributed by atoms with Crippen molar-refractivity contribution in [1.29, 1.82) is 0 Å². The first-order valence-electron chi connectivity index (χ1n) is 7.46. The normalized spacial score (nSPS) is 12.7. The standard InChI is InChI=1S/C15H21ClN2O6S/c1-5-8-17-14(19)10(2)24-15(20)11-6-7-12(16)13(9-11)25(21,22)18(3)23-4/h6-7,9-10H,5,8H2,1-4H3,(H,17,19)/t10-/m0/s1. The number of nitrogens with one attached hydrogen (secondary N) is 1. The van der Waals surface area contributed by atoms with E-state index in [0.717, 1.165) is 12.5 Å². The molecular formula is C15H21ClN2O6S. The number of esters is 1. The van der Waals surface area contributed by atoms with E-state index in [2.05, 4.69) is 10.2 Å². The number of ether oxygens (including phenoxy) is 1. The molecule has 1 aromatic carbocycles. The molecule has 10 heteroatoms. The SMILES string of the molecule is CCCNC(=O)[C@H](C)OC(=O)c1ccc(Cl)c(S(=O)(=O)N(C)OC)c1. The Morgan fingerprint density at radius 3 is 2.56 bits per heavy atom. The maximum atomic E-state index is 12.3. The van der Waals surface area contributed by atoms with Gasteiger partial charge in [-0.25, -0.2) is 13.2 Å². The largest absolute Gasteiger partial charge is 0.449 e. The van der Waals surface area contributed by atoms with Gasteiger partial charge in [-0.15, -0.1) is 0 Å². The van der Waals surface area contributed by atoms with Crippen molar-refractivity contribution in [1.82, 2.24) is 9.79 Å². The Hall–Kier alpha value is -1.68. The summed E-state index contributed by atoms with van der Waals surface area (Å²) in [4.78, 5) is 28.3. The average molecular weight is 393 g/mol. The van der Waals surface area contributed by atoms with Crippen LogP contribution in [0.25, 0.3) is 0 Å². The fraction of sp³-hybridized carbons (Fsp3) is 0.467. The molecule has 0 saturated carbocycles. The first kappa shape index (κ1) is 21.4. The third-order valence-corrected chi connectivity index (χ3v) is 5.40. The fourth-order valence-electron chi connectivity index (χ4n) is 1.74. The molecule has 8 nitrogen and oxygen atoms in total. The zero-order valence-corrected chi connectivity index (χ0v) is 16.0. The molecule has 1 N–H and O–H groups in total. The summed E-state index contributed by atoms with van der Waals surface area (Å²) < 4.78 is 30.3. The second-order valence-electron chi connectivity index (χ2n) is 5.08. The monoisotopic (exact) mass is 392 g/mol. The Kier molecular flexibility index (Phi) is 7.81. The summed E-state index contributed by atoms with van der Waals surface area (Å²) in [6, 6.07) is 3.65. The number of hydrogen-bond acceptors (Lipinski definition) is 6. The lowest BCUT2D eigenvalue weighted by molar-refractivity contribution is -0.129. The van der Waals surface area contributed by atoms with Gasteiger partial charge in [-0.2, -0.15) is 0 Å². The molecule has 25 heavy (non-hydrogen) atoms. The van der Waals surface area contributed by atoms with Gasteiger partial charge in [0.05, 0.1) is 17.7 Å². The molecule has 0 aliphatic rings. The van der Waals surface area contributed by atoms with E-state index >= 15 is 0 Å². The molecule has 1 aromatic rings. The second kappa shape index (κ2) is 9.14. The van der Waals surface area contributed by atoms with Crippen LogP contribution in [0.3, 0.4) is 0 Å². The number of amides is 1. The Balaban J connectivity index is 3.02. The first-order valence-corrected chi connectivity index (χ1v) is 9.28. The minimum Gasteiger partial charge on any atom is -0.449 e. The third-order valence-electron chi connectivity index (χ3n) is 3.24. The van der Waals surface area contributed by atoms with Crippen LogP contribution in [0, 0.1) is 0 Å². The predicted octanol–water partition coefficient (Wildman–Crippen LogP) is 1.59. The van der Waals surface area contributed by atoms with Crippen LogP contribution in [0.4, 0.5) is 0 Å². The van der Waals surface area contributed by atoms with E-state index in [1.54, 1.807) is 0 Å². The highest BCUT2D eigenvalue weighted by atomic mass is 35.5. The summed E-state index contributed by atoms with van der Waals surface area (Å²) in [7, 11) is -1.67. The fourth-order valence-corrected chi connectivity index (χ4v) is 3.21. The minimum atomic E-state index is -4.04. The number of halogens is 1. The zero-order valence-electron chi connectivity index (χ0n) is 14.4. The summed E-state index contributed by atoms with van der Waals surface area (Å²) >= 11 is 5.92. The van der Waals surface area contributed by atoms with Gasteiger partial charge in [-0.05, 0) is 31.5 Å². The van der Waals surface area contributed by atoms with Gasteiger partial charge < -0.3 is 10.1 Å². The van der Waals surface area contributed by atoms with E-state index in [1.165, 1.54) is 33.2 Å². The molecule has 0 aromatic heterocycles. The molecule has 0 heterocycles. The quantitative estimate of drug-likeness (QED) is 0.532. The predicted molar refractivity (Wildman–Crippen MR) is 91.6 cm³/mol. The summed E-state index contributed by atoms with van der Waals surface area (Å²) in [6.07, 6.45) is -0.269. The molecule has 0 spiro atoms. The van der Waals surface area contributed by atoms with Crippen LogP contribution in [0.15, 0.2) is 23.1 Å². The number of carbonyl (C=O) groups excluding carboxylic acids is 2. The van der Waals surface area contributed by atoms with Gasteiger partial charge >= 0.3 is 5.97 Å². The average Bonchev–Trinajstić information content (AvgIpc) is 2.58. The second-order valence-corrected chi connectivity index (χ2v) is 7.39. The van der Waals surface area contributed by atoms with Crippen LogP contribution >= 0.6 is 11.6 Å². The third kappa shape index (κ3) is 5.40. The van der Waals surface area contributed by atoms with Crippen molar-refractivity contribution in [3.05, 3.63) is 28.8 Å². The van der Waals surface area contributed by atoms with Crippen molar-refractivity contribution >= 4 is 33.5 Å². The van der Waals surface area contributed by atoms with Gasteiger partial charge in [0.2, 0.25) is 0 Å². The van der Waals surface area contributed by atoms with Gasteiger partial charge in [0.15, 0.2) is 6.10 Å². The van der Waals surface area contributed by atoms with Crippen molar-refractivity contribution in [3.8, 4) is 0 Å². The van der Waals surface area contributed by atoms with Crippen molar-refractivity contribution < 1.29 is 27.6 Å². The highest BCUT2D eigenvalue weighted by Crippen LogP contribution is 2.25. The highest BCUT2D eigenvalue weighted by Gasteiger charge is 2.26. The maximum Gasteiger partial charge on any atom is 0.338 e. The molecule has 0 unspecified atom stereocenters. The molecule has 1 amide bonds. The number of nitrogens with zero attached hydrogens (tertiary/aromatic N) is 1. The summed E-state index contributed by atoms with van der Waals surface area (Å²) in [6.45, 7) is 3.78. The van der Waals surface area contributed by atoms with Crippen LogP contribution in [0.1, 0.15) is 30.6 Å². The van der Waals surface area contributed by atoms with Crippen LogP contribution in [-0.2, 0) is 24.4 Å². The number of benzene rings is 1. The van der Waals surface area contributed by atoms with Crippen LogP contribution in [-0.4, -0.2) is 51.6 Å². The van der Waals surface area contributed by atoms with Crippen molar-refractivity contribution in [2.45, 2.75) is 31.3 Å². The summed E-state index contributed by atoms with van der Waals surface area (Å²) in [5, 5.41) is 2.53. The molecule has 0 radical (unpaired) electrons. The summed E-state index contributed by atoms with van der Waals surface area (Å²) in [5.41, 5.74) is -0.0531. The number of carbonyl (C=O) groups is 2. The lowest BCUT2D eigenvalue weighted by Gasteiger charge is -2.16. The molecule has 140 valence electrons. The molecule has 0 bridgehead atoms. The zero-order chi connectivity index (χ0) is 19.2. The van der Waals surface area contributed by atoms with E-state index in [-0.39, 0.29) is 15.5 Å². The number of hydroxylamine groups is 1. The van der Waals surface area contributed by atoms with Gasteiger partial charge in [-0.1, -0.05) is 23.0 Å². The number of hydrogen-bond donors (Lipinski definition) is 1. The Morgan fingerprint density at radius 2 is 2.00 bits per heavy atom. The minimum absolute atomic E-state index is 0.0531. The van der Waals surface area contributed by atoms with E-state index in [4.69, 9.17) is 16.3 Å². The lowest BCUT2D eigenvalue weighted by atomic mass is 10.2. The van der Waals surface area contributed by atoms with Crippen LogP contribution < -0.4 is 5.32 Å².